The van der Waals surface area contributed by atoms with E-state index in [2.05, 4.69) is 24.3 Å². The van der Waals surface area contributed by atoms with Gasteiger partial charge in [-0.05, 0) is 36.7 Å². The van der Waals surface area contributed by atoms with E-state index in [1.807, 2.05) is 25.1 Å². The van der Waals surface area contributed by atoms with Crippen LogP contribution in [-0.2, 0) is 20.9 Å². The van der Waals surface area contributed by atoms with Gasteiger partial charge in [-0.15, -0.1) is 0 Å². The first-order valence-corrected chi connectivity index (χ1v) is 7.76. The number of allylic oxidation sites excluding steroid dienone is 2. The summed E-state index contributed by atoms with van der Waals surface area (Å²) in [6.07, 6.45) is 5.35. The summed E-state index contributed by atoms with van der Waals surface area (Å²) in [7, 11) is 0. The first kappa shape index (κ1) is 14.3. The number of fused-ring (bicyclic) bond motifs is 2. The monoisotopic (exact) mass is 286 g/mol. The molecule has 1 aromatic rings. The molecule has 2 aliphatic rings. The third-order valence-electron chi connectivity index (χ3n) is 4.63. The van der Waals surface area contributed by atoms with Gasteiger partial charge in [0.15, 0.2) is 0 Å². The van der Waals surface area contributed by atoms with Gasteiger partial charge in [-0.3, -0.25) is 4.79 Å². The first-order chi connectivity index (χ1) is 10.3. The molecule has 1 fully saturated rings. The molecule has 2 aliphatic carbocycles. The summed E-state index contributed by atoms with van der Waals surface area (Å²) in [5, 5.41) is 0. The molecule has 3 rings (SSSR count). The van der Waals surface area contributed by atoms with Gasteiger partial charge in [0.2, 0.25) is 0 Å². The van der Waals surface area contributed by atoms with Crippen molar-refractivity contribution in [1.82, 2.24) is 0 Å². The Bertz CT molecular complexity index is 508. The van der Waals surface area contributed by atoms with Crippen molar-refractivity contribution in [3.8, 4) is 0 Å². The number of benzene rings is 1. The molecule has 0 saturated heterocycles. The maximum Gasteiger partial charge on any atom is 0.309 e. The lowest BCUT2D eigenvalue weighted by Crippen LogP contribution is -2.24. The first-order valence-electron chi connectivity index (χ1n) is 7.76. The Morgan fingerprint density at radius 1 is 1.24 bits per heavy atom. The summed E-state index contributed by atoms with van der Waals surface area (Å²) in [6, 6.07) is 10.2. The Morgan fingerprint density at radius 2 is 2.05 bits per heavy atom. The topological polar surface area (TPSA) is 35.5 Å². The van der Waals surface area contributed by atoms with E-state index in [1.54, 1.807) is 0 Å². The number of hydrogen-bond acceptors (Lipinski definition) is 3. The highest BCUT2D eigenvalue weighted by Crippen LogP contribution is 2.48. The van der Waals surface area contributed by atoms with Gasteiger partial charge in [0.05, 0.1) is 25.7 Å². The SMILES string of the molecule is CCOC(=O)[C@H]1CC2C=CC1C2COCc1ccccc1. The second kappa shape index (κ2) is 6.44. The normalized spacial score (nSPS) is 29.8. The van der Waals surface area contributed by atoms with E-state index >= 15 is 0 Å². The van der Waals surface area contributed by atoms with Crippen LogP contribution in [0.25, 0.3) is 0 Å². The van der Waals surface area contributed by atoms with E-state index in [0.717, 1.165) is 6.42 Å². The predicted molar refractivity (Wildman–Crippen MR) is 80.4 cm³/mol. The number of carbonyl (C=O) groups excluding carboxylic acids is 1. The van der Waals surface area contributed by atoms with E-state index in [1.165, 1.54) is 5.56 Å². The van der Waals surface area contributed by atoms with E-state index in [0.29, 0.717) is 37.6 Å². The molecular weight excluding hydrogens is 264 g/mol. The molecule has 1 saturated carbocycles. The van der Waals surface area contributed by atoms with E-state index in [9.17, 15) is 4.79 Å². The zero-order chi connectivity index (χ0) is 14.7. The summed E-state index contributed by atoms with van der Waals surface area (Å²) in [6.45, 7) is 3.68. The minimum Gasteiger partial charge on any atom is -0.466 e. The third-order valence-corrected chi connectivity index (χ3v) is 4.63. The Kier molecular flexibility index (Phi) is 4.39. The largest absolute Gasteiger partial charge is 0.466 e. The molecule has 112 valence electrons. The Balaban J connectivity index is 1.52. The van der Waals surface area contributed by atoms with Crippen LogP contribution in [0.15, 0.2) is 42.5 Å². The molecule has 3 heteroatoms. The van der Waals surface area contributed by atoms with E-state index in [4.69, 9.17) is 9.47 Å². The molecule has 1 aromatic carbocycles. The molecule has 0 N–H and O–H groups in total. The van der Waals surface area contributed by atoms with Crippen LogP contribution in [0.5, 0.6) is 0 Å². The molecule has 2 bridgehead atoms. The Labute approximate surface area is 125 Å². The third kappa shape index (κ3) is 3.03. The lowest BCUT2D eigenvalue weighted by molar-refractivity contribution is -0.149. The van der Waals surface area contributed by atoms with Gasteiger partial charge in [0.25, 0.3) is 0 Å². The molecule has 0 amide bonds. The van der Waals surface area contributed by atoms with Crippen LogP contribution in [-0.4, -0.2) is 19.2 Å². The van der Waals surface area contributed by atoms with Crippen LogP contribution in [0.3, 0.4) is 0 Å². The van der Waals surface area contributed by atoms with Crippen LogP contribution in [0, 0.1) is 23.7 Å². The van der Waals surface area contributed by atoms with Crippen molar-refractivity contribution in [1.29, 1.82) is 0 Å². The minimum atomic E-state index is -0.0394. The van der Waals surface area contributed by atoms with Gasteiger partial charge in [-0.25, -0.2) is 0 Å². The molecule has 3 unspecified atom stereocenters. The predicted octanol–water partition coefficient (Wildman–Crippen LogP) is 3.20. The van der Waals surface area contributed by atoms with Crippen LogP contribution in [0.2, 0.25) is 0 Å². The van der Waals surface area contributed by atoms with Crippen LogP contribution in [0.4, 0.5) is 0 Å². The Morgan fingerprint density at radius 3 is 2.81 bits per heavy atom. The second-order valence-corrected chi connectivity index (χ2v) is 5.88. The molecule has 21 heavy (non-hydrogen) atoms. The number of esters is 1. The van der Waals surface area contributed by atoms with Gasteiger partial charge < -0.3 is 9.47 Å². The van der Waals surface area contributed by atoms with Crippen molar-refractivity contribution in [2.45, 2.75) is 20.0 Å². The molecule has 3 nitrogen and oxygen atoms in total. The number of carbonyl (C=O) groups is 1. The maximum absolute atomic E-state index is 12.0. The number of ether oxygens (including phenoxy) is 2. The van der Waals surface area contributed by atoms with Gasteiger partial charge in [-0.2, -0.15) is 0 Å². The van der Waals surface area contributed by atoms with Crippen LogP contribution < -0.4 is 0 Å². The minimum absolute atomic E-state index is 0.0327. The van der Waals surface area contributed by atoms with Crippen molar-refractivity contribution in [2.24, 2.45) is 23.7 Å². The lowest BCUT2D eigenvalue weighted by Gasteiger charge is -2.19. The van der Waals surface area contributed by atoms with Gasteiger partial charge in [0.1, 0.15) is 0 Å². The number of rotatable bonds is 6. The summed E-state index contributed by atoms with van der Waals surface area (Å²) < 4.78 is 11.1. The molecule has 4 atom stereocenters. The lowest BCUT2D eigenvalue weighted by atomic mass is 9.91. The molecule has 0 aromatic heterocycles. The standard InChI is InChI=1S/C18H22O3/c1-2-21-18(19)16-10-14-8-9-15(16)17(14)12-20-11-13-6-4-3-5-7-13/h3-9,14-17H,2,10-12H2,1H3/t14?,15?,16-,17?/m0/s1. The van der Waals surface area contributed by atoms with Crippen molar-refractivity contribution in [3.05, 3.63) is 48.0 Å². The average Bonchev–Trinajstić information content (AvgIpc) is 3.06. The van der Waals surface area contributed by atoms with Crippen molar-refractivity contribution in [2.75, 3.05) is 13.2 Å². The van der Waals surface area contributed by atoms with Crippen LogP contribution >= 0.6 is 0 Å². The summed E-state index contributed by atoms with van der Waals surface area (Å²) in [5.41, 5.74) is 1.19. The highest BCUT2D eigenvalue weighted by atomic mass is 16.5. The average molecular weight is 286 g/mol. The Hall–Kier alpha value is -1.61. The van der Waals surface area contributed by atoms with Crippen LogP contribution in [0.1, 0.15) is 18.9 Å². The fraction of sp³-hybridized carbons (Fsp3) is 0.500. The fourth-order valence-electron chi connectivity index (χ4n) is 3.60. The van der Waals surface area contributed by atoms with E-state index in [-0.39, 0.29) is 11.9 Å². The fourth-order valence-corrected chi connectivity index (χ4v) is 3.60. The molecule has 0 spiro atoms. The summed E-state index contributed by atoms with van der Waals surface area (Å²) in [4.78, 5) is 12.0. The van der Waals surface area contributed by atoms with Gasteiger partial charge >= 0.3 is 5.97 Å². The molecule has 0 aliphatic heterocycles. The van der Waals surface area contributed by atoms with Crippen molar-refractivity contribution < 1.29 is 14.3 Å². The molecular formula is C18H22O3. The van der Waals surface area contributed by atoms with E-state index < -0.39 is 0 Å². The smallest absolute Gasteiger partial charge is 0.309 e. The molecule has 0 heterocycles. The summed E-state index contributed by atoms with van der Waals surface area (Å²) >= 11 is 0. The zero-order valence-electron chi connectivity index (χ0n) is 12.4. The van der Waals surface area contributed by atoms with Crippen molar-refractivity contribution >= 4 is 5.97 Å². The van der Waals surface area contributed by atoms with Gasteiger partial charge in [-0.1, -0.05) is 42.5 Å². The highest BCUT2D eigenvalue weighted by molar-refractivity contribution is 5.74. The summed E-state index contributed by atoms with van der Waals surface area (Å²) in [5.74, 6) is 1.20. The zero-order valence-corrected chi connectivity index (χ0v) is 12.4. The second-order valence-electron chi connectivity index (χ2n) is 5.88. The van der Waals surface area contributed by atoms with Crippen molar-refractivity contribution in [3.63, 3.8) is 0 Å². The maximum atomic E-state index is 12.0. The number of hydrogen-bond donors (Lipinski definition) is 0. The highest BCUT2D eigenvalue weighted by Gasteiger charge is 2.48. The molecule has 0 radical (unpaired) electrons. The van der Waals surface area contributed by atoms with Gasteiger partial charge in [0, 0.05) is 0 Å². The quantitative estimate of drug-likeness (QED) is 0.595.